The van der Waals surface area contributed by atoms with Crippen LogP contribution in [0.1, 0.15) is 36.1 Å². The quantitative estimate of drug-likeness (QED) is 0.329. The van der Waals surface area contributed by atoms with E-state index >= 15 is 0 Å². The summed E-state index contributed by atoms with van der Waals surface area (Å²) in [7, 11) is 0. The summed E-state index contributed by atoms with van der Waals surface area (Å²) in [6.07, 6.45) is 2.47. The smallest absolute Gasteiger partial charge is 0.295 e. The van der Waals surface area contributed by atoms with Gasteiger partial charge in [-0.15, -0.1) is 6.58 Å². The highest BCUT2D eigenvalue weighted by Gasteiger charge is 2.45. The molecular weight excluding hydrogens is 366 g/mol. The van der Waals surface area contributed by atoms with E-state index in [9.17, 15) is 14.7 Å². The lowest BCUT2D eigenvalue weighted by Gasteiger charge is -2.24. The number of aryl methyl sites for hydroxylation is 1. The molecule has 1 unspecified atom stereocenters. The molecule has 1 saturated heterocycles. The molecule has 0 saturated carbocycles. The predicted octanol–water partition coefficient (Wildman–Crippen LogP) is 4.39. The molecule has 5 heteroatoms. The second kappa shape index (κ2) is 8.78. The Morgan fingerprint density at radius 2 is 1.93 bits per heavy atom. The molecule has 5 nitrogen and oxygen atoms in total. The Kier molecular flexibility index (Phi) is 6.17. The summed E-state index contributed by atoms with van der Waals surface area (Å²) in [6.45, 7) is 8.41. The number of aliphatic hydroxyl groups is 1. The highest BCUT2D eigenvalue weighted by molar-refractivity contribution is 6.46. The van der Waals surface area contributed by atoms with E-state index in [1.807, 2.05) is 44.2 Å². The number of hydrogen-bond acceptors (Lipinski definition) is 4. The molecule has 1 amide bonds. The second-order valence-electron chi connectivity index (χ2n) is 6.98. The van der Waals surface area contributed by atoms with Gasteiger partial charge in [0.05, 0.1) is 18.2 Å². The van der Waals surface area contributed by atoms with Crippen molar-refractivity contribution in [1.82, 2.24) is 4.90 Å². The van der Waals surface area contributed by atoms with E-state index in [4.69, 9.17) is 4.74 Å². The van der Waals surface area contributed by atoms with Gasteiger partial charge in [-0.1, -0.05) is 43.3 Å². The number of carbonyl (C=O) groups is 2. The largest absolute Gasteiger partial charge is 0.507 e. The molecule has 1 aliphatic heterocycles. The number of benzene rings is 2. The van der Waals surface area contributed by atoms with Gasteiger partial charge in [-0.25, -0.2) is 0 Å². The van der Waals surface area contributed by atoms with Gasteiger partial charge in [-0.3, -0.25) is 9.59 Å². The molecule has 1 heterocycles. The first kappa shape index (κ1) is 20.4. The number of carbonyl (C=O) groups excluding carboxylic acids is 2. The molecule has 1 aliphatic rings. The van der Waals surface area contributed by atoms with Crippen molar-refractivity contribution >= 4 is 17.4 Å². The standard InChI is InChI=1S/C24H25NO4/c1-4-13-25-21(17-9-7-6-8-10-17)20(23(27)24(25)28)22(26)18-11-12-19(16(3)15-18)29-14-5-2/h4,6-12,15,21,26H,1,5,13-14H2,2-3H3/b22-20+. The Labute approximate surface area is 170 Å². The van der Waals surface area contributed by atoms with Gasteiger partial charge in [-0.05, 0) is 42.7 Å². The molecule has 2 aromatic carbocycles. The molecule has 0 spiro atoms. The minimum atomic E-state index is -0.692. The van der Waals surface area contributed by atoms with Crippen LogP contribution in [0.4, 0.5) is 0 Å². The van der Waals surface area contributed by atoms with Crippen molar-refractivity contribution in [2.75, 3.05) is 13.2 Å². The summed E-state index contributed by atoms with van der Waals surface area (Å²) in [4.78, 5) is 26.9. The van der Waals surface area contributed by atoms with Crippen molar-refractivity contribution in [2.45, 2.75) is 26.3 Å². The molecule has 3 rings (SSSR count). The lowest BCUT2D eigenvalue weighted by atomic mass is 9.95. The lowest BCUT2D eigenvalue weighted by Crippen LogP contribution is -2.29. The van der Waals surface area contributed by atoms with E-state index in [0.29, 0.717) is 12.2 Å². The summed E-state index contributed by atoms with van der Waals surface area (Å²) in [5.74, 6) is -0.786. The number of likely N-dealkylation sites (tertiary alicyclic amines) is 1. The number of nitrogens with zero attached hydrogens (tertiary/aromatic N) is 1. The third kappa shape index (κ3) is 3.94. The molecule has 150 valence electrons. The maximum Gasteiger partial charge on any atom is 0.295 e. The van der Waals surface area contributed by atoms with Crippen molar-refractivity contribution in [2.24, 2.45) is 0 Å². The summed E-state index contributed by atoms with van der Waals surface area (Å²) in [5, 5.41) is 11.0. The van der Waals surface area contributed by atoms with E-state index < -0.39 is 17.7 Å². The molecule has 1 N–H and O–H groups in total. The van der Waals surface area contributed by atoms with Crippen LogP contribution in [0, 0.1) is 6.92 Å². The highest BCUT2D eigenvalue weighted by atomic mass is 16.5. The average Bonchev–Trinajstić information content (AvgIpc) is 2.98. The normalized spacial score (nSPS) is 18.1. The number of hydrogen-bond donors (Lipinski definition) is 1. The highest BCUT2D eigenvalue weighted by Crippen LogP contribution is 2.39. The Bertz CT molecular complexity index is 962. The van der Waals surface area contributed by atoms with E-state index in [0.717, 1.165) is 23.3 Å². The van der Waals surface area contributed by atoms with Gasteiger partial charge >= 0.3 is 0 Å². The zero-order valence-corrected chi connectivity index (χ0v) is 16.7. The van der Waals surface area contributed by atoms with Crippen LogP contribution in [0.3, 0.4) is 0 Å². The van der Waals surface area contributed by atoms with Gasteiger partial charge in [0.15, 0.2) is 0 Å². The van der Waals surface area contributed by atoms with Crippen molar-refractivity contribution in [1.29, 1.82) is 0 Å². The SMILES string of the molecule is C=CCN1C(=O)C(=O)/C(=C(/O)c2ccc(OCCC)c(C)c2)C1c1ccccc1. The zero-order chi connectivity index (χ0) is 21.0. The van der Waals surface area contributed by atoms with E-state index in [1.165, 1.54) is 4.90 Å². The van der Waals surface area contributed by atoms with Gasteiger partial charge in [0.2, 0.25) is 0 Å². The van der Waals surface area contributed by atoms with Crippen molar-refractivity contribution in [3.8, 4) is 5.75 Å². The number of Topliss-reactive ketones (excluding diaryl/α,β-unsaturated/α-hetero) is 1. The first-order valence-corrected chi connectivity index (χ1v) is 9.67. The van der Waals surface area contributed by atoms with E-state index in [1.54, 1.807) is 24.3 Å². The number of rotatable bonds is 7. The van der Waals surface area contributed by atoms with Crippen LogP contribution < -0.4 is 4.74 Å². The lowest BCUT2D eigenvalue weighted by molar-refractivity contribution is -0.139. The number of ether oxygens (including phenoxy) is 1. The molecule has 0 aliphatic carbocycles. The van der Waals surface area contributed by atoms with E-state index in [-0.39, 0.29) is 17.9 Å². The second-order valence-corrected chi connectivity index (χ2v) is 6.98. The minimum absolute atomic E-state index is 0.0877. The Morgan fingerprint density at radius 3 is 2.55 bits per heavy atom. The fraction of sp³-hybridized carbons (Fsp3) is 0.250. The molecule has 1 fully saturated rings. The fourth-order valence-electron chi connectivity index (χ4n) is 3.52. The van der Waals surface area contributed by atoms with Gasteiger partial charge in [0, 0.05) is 12.1 Å². The van der Waals surface area contributed by atoms with Crippen LogP contribution in [0.2, 0.25) is 0 Å². The van der Waals surface area contributed by atoms with Crippen LogP contribution >= 0.6 is 0 Å². The van der Waals surface area contributed by atoms with Crippen molar-refractivity contribution in [3.63, 3.8) is 0 Å². The number of aliphatic hydroxyl groups excluding tert-OH is 1. The summed E-state index contributed by atoms with van der Waals surface area (Å²) in [6, 6.07) is 13.8. The van der Waals surface area contributed by atoms with Gasteiger partial charge < -0.3 is 14.7 Å². The summed E-state index contributed by atoms with van der Waals surface area (Å²) in [5.41, 5.74) is 2.17. The number of amides is 1. The van der Waals surface area contributed by atoms with Crippen molar-refractivity contribution < 1.29 is 19.4 Å². The van der Waals surface area contributed by atoms with Crippen LogP contribution in [0.5, 0.6) is 5.75 Å². The monoisotopic (exact) mass is 391 g/mol. The van der Waals surface area contributed by atoms with E-state index in [2.05, 4.69) is 6.58 Å². The Hall–Kier alpha value is -3.34. The van der Waals surface area contributed by atoms with Gasteiger partial charge in [0.1, 0.15) is 11.5 Å². The molecule has 0 bridgehead atoms. The average molecular weight is 391 g/mol. The zero-order valence-electron chi connectivity index (χ0n) is 16.7. The van der Waals surface area contributed by atoms with Crippen LogP contribution in [0.15, 0.2) is 66.8 Å². The van der Waals surface area contributed by atoms with Crippen LogP contribution in [0.25, 0.3) is 5.76 Å². The van der Waals surface area contributed by atoms with Gasteiger partial charge in [-0.2, -0.15) is 0 Å². The molecular formula is C24H25NO4. The molecule has 0 aromatic heterocycles. The Morgan fingerprint density at radius 1 is 1.21 bits per heavy atom. The predicted molar refractivity (Wildman–Crippen MR) is 113 cm³/mol. The molecule has 1 atom stereocenters. The maximum atomic E-state index is 12.8. The van der Waals surface area contributed by atoms with Crippen molar-refractivity contribution in [3.05, 3.63) is 83.4 Å². The molecule has 29 heavy (non-hydrogen) atoms. The topological polar surface area (TPSA) is 66.8 Å². The minimum Gasteiger partial charge on any atom is -0.507 e. The summed E-state index contributed by atoms with van der Waals surface area (Å²) < 4.78 is 5.69. The molecule has 2 aromatic rings. The maximum absolute atomic E-state index is 12.8. The fourth-order valence-corrected chi connectivity index (χ4v) is 3.52. The first-order valence-electron chi connectivity index (χ1n) is 9.67. The third-order valence-electron chi connectivity index (χ3n) is 4.89. The van der Waals surface area contributed by atoms with Crippen LogP contribution in [-0.4, -0.2) is 34.8 Å². The van der Waals surface area contributed by atoms with Gasteiger partial charge in [0.25, 0.3) is 11.7 Å². The summed E-state index contributed by atoms with van der Waals surface area (Å²) >= 11 is 0. The third-order valence-corrected chi connectivity index (χ3v) is 4.89. The van der Waals surface area contributed by atoms with Crippen LogP contribution in [-0.2, 0) is 9.59 Å². The Balaban J connectivity index is 2.10. The molecule has 0 radical (unpaired) electrons. The number of ketones is 1. The first-order chi connectivity index (χ1) is 14.0.